The Labute approximate surface area is 123 Å². The second-order valence-corrected chi connectivity index (χ2v) is 6.43. The summed E-state index contributed by atoms with van der Waals surface area (Å²) in [5, 5.41) is 8.64. The molecule has 0 bridgehead atoms. The molecule has 0 aromatic carbocycles. The Morgan fingerprint density at radius 2 is 1.25 bits per heavy atom. The van der Waals surface area contributed by atoms with Crippen molar-refractivity contribution in [2.24, 2.45) is 0 Å². The average molecular weight is 310 g/mol. The summed E-state index contributed by atoms with van der Waals surface area (Å²) >= 11 is 0. The van der Waals surface area contributed by atoms with E-state index in [1.54, 1.807) is 6.92 Å². The Morgan fingerprint density at radius 3 is 1.70 bits per heavy atom. The fraction of sp³-hybridized carbons (Fsp3) is 1.00. The molecule has 6 heteroatoms. The molecule has 0 saturated heterocycles. The van der Waals surface area contributed by atoms with Gasteiger partial charge in [0, 0.05) is 6.61 Å². The predicted octanol–water partition coefficient (Wildman–Crippen LogP) is 4.03. The molecule has 5 nitrogen and oxygen atoms in total. The summed E-state index contributed by atoms with van der Waals surface area (Å²) in [6.07, 6.45) is 11.2. The third-order valence-electron chi connectivity index (χ3n) is 3.10. The van der Waals surface area contributed by atoms with Crippen LogP contribution in [0, 0.1) is 0 Å². The fourth-order valence-corrected chi connectivity index (χ4v) is 2.77. The molecule has 0 saturated carbocycles. The maximum atomic E-state index is 11.2. The van der Waals surface area contributed by atoms with Gasteiger partial charge in [-0.1, -0.05) is 51.4 Å². The van der Waals surface area contributed by atoms with Crippen molar-refractivity contribution in [3.8, 4) is 0 Å². The van der Waals surface area contributed by atoms with Gasteiger partial charge in [0.1, 0.15) is 0 Å². The van der Waals surface area contributed by atoms with Crippen molar-refractivity contribution in [1.82, 2.24) is 0 Å². The molecule has 1 unspecified atom stereocenters. The Bertz CT molecular complexity index is 248. The minimum absolute atomic E-state index is 0.187. The highest BCUT2D eigenvalue weighted by molar-refractivity contribution is 7.47. The maximum Gasteiger partial charge on any atom is 0.472 e. The lowest BCUT2D eigenvalue weighted by atomic mass is 10.1. The van der Waals surface area contributed by atoms with Crippen LogP contribution in [0.15, 0.2) is 0 Å². The lowest BCUT2D eigenvalue weighted by Crippen LogP contribution is -1.96. The van der Waals surface area contributed by atoms with Gasteiger partial charge in [0.2, 0.25) is 0 Å². The Morgan fingerprint density at radius 1 is 0.800 bits per heavy atom. The van der Waals surface area contributed by atoms with E-state index >= 15 is 0 Å². The van der Waals surface area contributed by atoms with Crippen LogP contribution in [-0.4, -0.2) is 29.8 Å². The average Bonchev–Trinajstić information content (AvgIpc) is 2.40. The molecule has 0 rings (SSSR count). The molecule has 0 aromatic heterocycles. The summed E-state index contributed by atoms with van der Waals surface area (Å²) < 4.78 is 20.6. The van der Waals surface area contributed by atoms with Crippen LogP contribution < -0.4 is 0 Å². The normalized spacial score (nSPS) is 14.3. The number of hydrogen-bond donors (Lipinski definition) is 2. The van der Waals surface area contributed by atoms with Gasteiger partial charge in [-0.3, -0.25) is 9.05 Å². The largest absolute Gasteiger partial charge is 0.472 e. The van der Waals surface area contributed by atoms with E-state index in [-0.39, 0.29) is 13.2 Å². The first-order chi connectivity index (χ1) is 9.62. The van der Waals surface area contributed by atoms with Gasteiger partial charge in [-0.05, 0) is 19.8 Å². The molecule has 0 amide bonds. The monoisotopic (exact) mass is 310 g/mol. The summed E-state index contributed by atoms with van der Waals surface area (Å²) in [6.45, 7) is 2.45. The highest BCUT2D eigenvalue weighted by Crippen LogP contribution is 2.42. The number of aliphatic hydroxyl groups is 1. The summed E-state index contributed by atoms with van der Waals surface area (Å²) in [7, 11) is -3.79. The Hall–Kier alpha value is 0.0700. The van der Waals surface area contributed by atoms with Gasteiger partial charge in [0.15, 0.2) is 0 Å². The summed E-state index contributed by atoms with van der Waals surface area (Å²) in [5.74, 6) is 0. The number of aliphatic hydroxyl groups excluding tert-OH is 1. The second kappa shape index (κ2) is 14.0. The van der Waals surface area contributed by atoms with Crippen LogP contribution in [0.5, 0.6) is 0 Å². The van der Waals surface area contributed by atoms with Crippen molar-refractivity contribution >= 4 is 7.82 Å². The van der Waals surface area contributed by atoms with Crippen molar-refractivity contribution in [2.75, 3.05) is 19.8 Å². The second-order valence-electron chi connectivity index (χ2n) is 4.98. The van der Waals surface area contributed by atoms with E-state index in [9.17, 15) is 9.46 Å². The molecule has 122 valence electrons. The van der Waals surface area contributed by atoms with Gasteiger partial charge >= 0.3 is 7.82 Å². The van der Waals surface area contributed by atoms with Gasteiger partial charge in [-0.15, -0.1) is 0 Å². The van der Waals surface area contributed by atoms with Gasteiger partial charge in [-0.25, -0.2) is 4.57 Å². The summed E-state index contributed by atoms with van der Waals surface area (Å²) in [5.41, 5.74) is 0. The first-order valence-electron chi connectivity index (χ1n) is 7.85. The highest BCUT2D eigenvalue weighted by atomic mass is 31.2. The van der Waals surface area contributed by atoms with Crippen molar-refractivity contribution in [1.29, 1.82) is 0 Å². The molecule has 0 aliphatic rings. The van der Waals surface area contributed by atoms with Crippen LogP contribution in [0.1, 0.15) is 71.1 Å². The smallest absolute Gasteiger partial charge is 0.396 e. The highest BCUT2D eigenvalue weighted by Gasteiger charge is 2.18. The molecule has 2 N–H and O–H groups in total. The van der Waals surface area contributed by atoms with Crippen molar-refractivity contribution in [3.63, 3.8) is 0 Å². The minimum atomic E-state index is -3.79. The van der Waals surface area contributed by atoms with E-state index in [0.29, 0.717) is 6.61 Å². The topological polar surface area (TPSA) is 76.0 Å². The van der Waals surface area contributed by atoms with Crippen molar-refractivity contribution in [3.05, 3.63) is 0 Å². The SMILES string of the molecule is CCOP(=O)(O)OCCCCCCCCCCCCO. The molecule has 1 atom stereocenters. The van der Waals surface area contributed by atoms with Crippen molar-refractivity contribution in [2.45, 2.75) is 71.1 Å². The maximum absolute atomic E-state index is 11.2. The molecule has 0 aromatic rings. The zero-order chi connectivity index (χ0) is 15.1. The standard InChI is InChI=1S/C14H31O5P/c1-2-18-20(16,17)19-14-12-10-8-6-4-3-5-7-9-11-13-15/h15H,2-14H2,1H3,(H,16,17). The third-order valence-corrected chi connectivity index (χ3v) is 4.19. The summed E-state index contributed by atoms with van der Waals surface area (Å²) in [6, 6.07) is 0. The molecule has 0 aliphatic carbocycles. The molecule has 0 spiro atoms. The molecule has 0 fully saturated rings. The number of hydrogen-bond acceptors (Lipinski definition) is 4. The number of unbranched alkanes of at least 4 members (excludes halogenated alkanes) is 9. The molecule has 0 heterocycles. The van der Waals surface area contributed by atoms with E-state index in [2.05, 4.69) is 4.52 Å². The molecular formula is C14H31O5P. The number of phosphoric ester groups is 1. The zero-order valence-electron chi connectivity index (χ0n) is 12.8. The molecular weight excluding hydrogens is 279 g/mol. The first kappa shape index (κ1) is 20.1. The Kier molecular flexibility index (Phi) is 14.1. The Balaban J connectivity index is 3.15. The van der Waals surface area contributed by atoms with E-state index in [4.69, 9.17) is 9.63 Å². The number of rotatable bonds is 15. The van der Waals surface area contributed by atoms with Crippen LogP contribution in [0.25, 0.3) is 0 Å². The van der Waals surface area contributed by atoms with Crippen LogP contribution >= 0.6 is 7.82 Å². The molecule has 20 heavy (non-hydrogen) atoms. The van der Waals surface area contributed by atoms with E-state index in [0.717, 1.165) is 32.1 Å². The minimum Gasteiger partial charge on any atom is -0.396 e. The van der Waals surface area contributed by atoms with Gasteiger partial charge in [0.05, 0.1) is 13.2 Å². The van der Waals surface area contributed by atoms with Crippen LogP contribution in [-0.2, 0) is 13.6 Å². The van der Waals surface area contributed by atoms with E-state index in [1.165, 1.54) is 32.1 Å². The van der Waals surface area contributed by atoms with Crippen LogP contribution in [0.4, 0.5) is 0 Å². The van der Waals surface area contributed by atoms with Gasteiger partial charge in [0.25, 0.3) is 0 Å². The lowest BCUT2D eigenvalue weighted by molar-refractivity contribution is 0.153. The zero-order valence-corrected chi connectivity index (χ0v) is 13.7. The van der Waals surface area contributed by atoms with Crippen LogP contribution in [0.3, 0.4) is 0 Å². The summed E-state index contributed by atoms with van der Waals surface area (Å²) in [4.78, 5) is 9.17. The van der Waals surface area contributed by atoms with E-state index < -0.39 is 7.82 Å². The van der Waals surface area contributed by atoms with Gasteiger partial charge in [-0.2, -0.15) is 0 Å². The fourth-order valence-electron chi connectivity index (χ4n) is 2.01. The molecule has 0 radical (unpaired) electrons. The lowest BCUT2D eigenvalue weighted by Gasteiger charge is -2.10. The third kappa shape index (κ3) is 14.5. The van der Waals surface area contributed by atoms with Crippen molar-refractivity contribution < 1.29 is 23.6 Å². The van der Waals surface area contributed by atoms with E-state index in [1.807, 2.05) is 0 Å². The number of phosphoric acid groups is 1. The van der Waals surface area contributed by atoms with Crippen LogP contribution in [0.2, 0.25) is 0 Å². The quantitative estimate of drug-likeness (QED) is 0.353. The first-order valence-corrected chi connectivity index (χ1v) is 9.34. The van der Waals surface area contributed by atoms with Gasteiger partial charge < -0.3 is 10.00 Å². The molecule has 0 aliphatic heterocycles. The predicted molar refractivity (Wildman–Crippen MR) is 80.7 cm³/mol.